The average Bonchev–Trinajstić information content (AvgIpc) is 2.33. The molecule has 0 aromatic heterocycles. The summed E-state index contributed by atoms with van der Waals surface area (Å²) in [4.78, 5) is 0. The third-order valence-electron chi connectivity index (χ3n) is 3.38. The Morgan fingerprint density at radius 1 is 1.00 bits per heavy atom. The summed E-state index contributed by atoms with van der Waals surface area (Å²) in [5.41, 5.74) is 3.16. The topological polar surface area (TPSA) is 35.0 Å². The summed E-state index contributed by atoms with van der Waals surface area (Å²) in [5.74, 6) is 0.730. The van der Waals surface area contributed by atoms with Gasteiger partial charge >= 0.3 is 0 Å². The zero-order valence-corrected chi connectivity index (χ0v) is 11.8. The van der Waals surface area contributed by atoms with Gasteiger partial charge in [0.2, 0.25) is 0 Å². The molecule has 98 valence electrons. The van der Waals surface area contributed by atoms with Crippen LogP contribution >= 0.6 is 0 Å². The average molecular weight is 235 g/mol. The van der Waals surface area contributed by atoms with Crippen LogP contribution in [0, 0.1) is 0 Å². The zero-order chi connectivity index (χ0) is 11.8. The van der Waals surface area contributed by atoms with Gasteiger partial charge in [0, 0.05) is 0 Å². The van der Waals surface area contributed by atoms with Crippen LogP contribution < -0.4 is 6.15 Å². The number of aryl methyl sites for hydroxylation is 1. The molecule has 1 rings (SSSR count). The highest BCUT2D eigenvalue weighted by molar-refractivity contribution is 5.30. The van der Waals surface area contributed by atoms with Crippen LogP contribution in [0.3, 0.4) is 0 Å². The lowest BCUT2D eigenvalue weighted by molar-refractivity contribution is 0.617. The molecule has 1 aromatic rings. The summed E-state index contributed by atoms with van der Waals surface area (Å²) < 4.78 is 0. The first-order chi connectivity index (χ1) is 7.79. The van der Waals surface area contributed by atoms with E-state index in [1.807, 2.05) is 0 Å². The van der Waals surface area contributed by atoms with Crippen molar-refractivity contribution < 1.29 is 0 Å². The maximum absolute atomic E-state index is 2.38. The van der Waals surface area contributed by atoms with Crippen LogP contribution in [0.25, 0.3) is 0 Å². The lowest BCUT2D eigenvalue weighted by Crippen LogP contribution is -1.99. The third-order valence-corrected chi connectivity index (χ3v) is 3.38. The molecule has 0 aliphatic rings. The van der Waals surface area contributed by atoms with Crippen LogP contribution in [-0.4, -0.2) is 0 Å². The summed E-state index contributed by atoms with van der Waals surface area (Å²) >= 11 is 0. The van der Waals surface area contributed by atoms with Gasteiger partial charge in [0.1, 0.15) is 0 Å². The number of benzene rings is 1. The van der Waals surface area contributed by atoms with Gasteiger partial charge in [0.15, 0.2) is 0 Å². The molecule has 0 spiro atoms. The van der Waals surface area contributed by atoms with E-state index in [-0.39, 0.29) is 6.15 Å². The second kappa shape index (κ2) is 9.23. The third kappa shape index (κ3) is 5.36. The Bertz CT molecular complexity index is 293. The van der Waals surface area contributed by atoms with Crippen LogP contribution in [-0.2, 0) is 6.42 Å². The predicted octanol–water partition coefficient (Wildman–Crippen LogP) is 5.48. The maximum atomic E-state index is 2.38. The Morgan fingerprint density at radius 2 is 1.65 bits per heavy atom. The van der Waals surface area contributed by atoms with E-state index in [1.165, 1.54) is 38.5 Å². The Balaban J connectivity index is 0.00000256. The molecular weight excluding hydrogens is 206 g/mol. The first kappa shape index (κ1) is 16.2. The van der Waals surface area contributed by atoms with E-state index in [9.17, 15) is 0 Å². The fraction of sp³-hybridized carbons (Fsp3) is 0.625. The largest absolute Gasteiger partial charge is 0.344 e. The van der Waals surface area contributed by atoms with Crippen molar-refractivity contribution in [2.24, 2.45) is 0 Å². The first-order valence-corrected chi connectivity index (χ1v) is 6.87. The number of rotatable bonds is 7. The van der Waals surface area contributed by atoms with Crippen LogP contribution in [0.15, 0.2) is 24.3 Å². The standard InChI is InChI=1S/C16H26.H3N/c1-4-6-10-14(3)16-13-9-8-12-15(16)11-7-5-2;/h8-9,12-14H,4-7,10-11H2,1-3H3;1H3. The quantitative estimate of drug-likeness (QED) is 0.666. The number of hydrogen-bond donors (Lipinski definition) is 1. The summed E-state index contributed by atoms with van der Waals surface area (Å²) in [6.07, 6.45) is 7.85. The monoisotopic (exact) mass is 235 g/mol. The fourth-order valence-electron chi connectivity index (χ4n) is 2.28. The summed E-state index contributed by atoms with van der Waals surface area (Å²) in [5, 5.41) is 0. The van der Waals surface area contributed by atoms with Crippen molar-refractivity contribution in [1.29, 1.82) is 0 Å². The first-order valence-electron chi connectivity index (χ1n) is 6.87. The van der Waals surface area contributed by atoms with Gasteiger partial charge < -0.3 is 6.15 Å². The fourth-order valence-corrected chi connectivity index (χ4v) is 2.28. The van der Waals surface area contributed by atoms with Crippen molar-refractivity contribution >= 4 is 0 Å². The van der Waals surface area contributed by atoms with Crippen molar-refractivity contribution in [3.8, 4) is 0 Å². The number of unbranched alkanes of at least 4 members (excludes halogenated alkanes) is 2. The Labute approximate surface area is 107 Å². The van der Waals surface area contributed by atoms with E-state index in [2.05, 4.69) is 45.0 Å². The van der Waals surface area contributed by atoms with E-state index in [1.54, 1.807) is 11.1 Å². The molecule has 1 atom stereocenters. The highest BCUT2D eigenvalue weighted by atomic mass is 14.1. The van der Waals surface area contributed by atoms with Gasteiger partial charge in [-0.15, -0.1) is 0 Å². The van der Waals surface area contributed by atoms with E-state index >= 15 is 0 Å². The SMILES string of the molecule is CCCCc1ccccc1C(C)CCCC.N. The second-order valence-electron chi connectivity index (χ2n) is 4.85. The molecule has 17 heavy (non-hydrogen) atoms. The maximum Gasteiger partial charge on any atom is -0.0188 e. The molecule has 1 nitrogen and oxygen atoms in total. The van der Waals surface area contributed by atoms with Crippen molar-refractivity contribution in [3.63, 3.8) is 0 Å². The van der Waals surface area contributed by atoms with Gasteiger partial charge in [-0.3, -0.25) is 0 Å². The molecule has 0 fully saturated rings. The van der Waals surface area contributed by atoms with E-state index in [4.69, 9.17) is 0 Å². The van der Waals surface area contributed by atoms with Crippen molar-refractivity contribution in [2.45, 2.75) is 65.2 Å². The minimum absolute atomic E-state index is 0. The molecule has 0 bridgehead atoms. The molecular formula is C16H29N. The van der Waals surface area contributed by atoms with Gasteiger partial charge in [-0.1, -0.05) is 64.3 Å². The van der Waals surface area contributed by atoms with Crippen molar-refractivity contribution in [3.05, 3.63) is 35.4 Å². The Morgan fingerprint density at radius 3 is 2.29 bits per heavy atom. The van der Waals surface area contributed by atoms with E-state index < -0.39 is 0 Å². The molecule has 1 heteroatoms. The van der Waals surface area contributed by atoms with Crippen molar-refractivity contribution in [1.82, 2.24) is 6.15 Å². The van der Waals surface area contributed by atoms with Crippen LogP contribution in [0.1, 0.15) is 69.9 Å². The van der Waals surface area contributed by atoms with Gasteiger partial charge in [-0.05, 0) is 36.3 Å². The Hall–Kier alpha value is -0.820. The molecule has 0 radical (unpaired) electrons. The molecule has 0 aliphatic carbocycles. The second-order valence-corrected chi connectivity index (χ2v) is 4.85. The predicted molar refractivity (Wildman–Crippen MR) is 78.0 cm³/mol. The summed E-state index contributed by atoms with van der Waals surface area (Å²) in [6.45, 7) is 6.92. The minimum atomic E-state index is 0. The highest BCUT2D eigenvalue weighted by Gasteiger charge is 2.08. The molecule has 0 amide bonds. The van der Waals surface area contributed by atoms with Crippen LogP contribution in [0.4, 0.5) is 0 Å². The summed E-state index contributed by atoms with van der Waals surface area (Å²) in [6, 6.07) is 9.01. The highest BCUT2D eigenvalue weighted by Crippen LogP contribution is 2.25. The molecule has 3 N–H and O–H groups in total. The molecule has 0 heterocycles. The van der Waals surface area contributed by atoms with Gasteiger partial charge in [0.25, 0.3) is 0 Å². The molecule has 0 saturated carbocycles. The molecule has 1 aromatic carbocycles. The normalized spacial score (nSPS) is 11.9. The Kier molecular flexibility index (Phi) is 8.79. The molecule has 1 unspecified atom stereocenters. The zero-order valence-electron chi connectivity index (χ0n) is 11.8. The lowest BCUT2D eigenvalue weighted by Gasteiger charge is -2.16. The van der Waals surface area contributed by atoms with Crippen LogP contribution in [0.2, 0.25) is 0 Å². The van der Waals surface area contributed by atoms with Gasteiger partial charge in [-0.2, -0.15) is 0 Å². The molecule has 0 aliphatic heterocycles. The van der Waals surface area contributed by atoms with E-state index in [0.717, 1.165) is 5.92 Å². The van der Waals surface area contributed by atoms with Crippen molar-refractivity contribution in [2.75, 3.05) is 0 Å². The van der Waals surface area contributed by atoms with Gasteiger partial charge in [0.05, 0.1) is 0 Å². The lowest BCUT2D eigenvalue weighted by atomic mass is 9.90. The smallest absolute Gasteiger partial charge is 0.0188 e. The minimum Gasteiger partial charge on any atom is -0.344 e. The molecule has 0 saturated heterocycles. The van der Waals surface area contributed by atoms with E-state index in [0.29, 0.717) is 0 Å². The summed E-state index contributed by atoms with van der Waals surface area (Å²) in [7, 11) is 0. The van der Waals surface area contributed by atoms with Gasteiger partial charge in [-0.25, -0.2) is 0 Å². The van der Waals surface area contributed by atoms with Crippen LogP contribution in [0.5, 0.6) is 0 Å². The number of hydrogen-bond acceptors (Lipinski definition) is 1.